The van der Waals surface area contributed by atoms with Gasteiger partial charge in [-0.15, -0.1) is 47.5 Å². The Hall–Kier alpha value is -4.11. The maximum Gasteiger partial charge on any atom is 0.0574 e. The predicted octanol–water partition coefficient (Wildman–Crippen LogP) is 14.3. The van der Waals surface area contributed by atoms with Gasteiger partial charge in [0.2, 0.25) is 0 Å². The van der Waals surface area contributed by atoms with Gasteiger partial charge in [-0.2, -0.15) is 23.3 Å². The van der Waals surface area contributed by atoms with Crippen molar-refractivity contribution in [3.05, 3.63) is 150 Å². The van der Waals surface area contributed by atoms with Crippen molar-refractivity contribution < 1.29 is 20.1 Å². The van der Waals surface area contributed by atoms with Crippen LogP contribution in [0.1, 0.15) is 132 Å². The van der Waals surface area contributed by atoms with Crippen LogP contribution < -0.4 is 0 Å². The maximum absolute atomic E-state index is 5.01. The molecular formula is C53H65IrN3-2. The zero-order chi connectivity index (χ0) is 41.3. The first-order chi connectivity index (χ1) is 25.9. The van der Waals surface area contributed by atoms with E-state index in [4.69, 9.17) is 5.10 Å². The molecule has 0 atom stereocenters. The molecule has 4 aromatic carbocycles. The smallest absolute Gasteiger partial charge is 0.0574 e. The molecule has 0 N–H and O–H groups in total. The van der Waals surface area contributed by atoms with Crippen molar-refractivity contribution in [2.75, 3.05) is 0 Å². The van der Waals surface area contributed by atoms with Gasteiger partial charge < -0.3 is 4.98 Å². The minimum Gasteiger partial charge on any atom is -0.305 e. The van der Waals surface area contributed by atoms with Gasteiger partial charge in [0.25, 0.3) is 0 Å². The summed E-state index contributed by atoms with van der Waals surface area (Å²) in [5.41, 5.74) is 14.9. The van der Waals surface area contributed by atoms with Crippen molar-refractivity contribution in [1.82, 2.24) is 14.8 Å². The summed E-state index contributed by atoms with van der Waals surface area (Å²) < 4.78 is 2.12. The molecule has 0 spiro atoms. The fourth-order valence-corrected chi connectivity index (χ4v) is 6.61. The molecule has 0 fully saturated rings. The molecule has 1 radical (unpaired) electrons. The van der Waals surface area contributed by atoms with E-state index in [0.717, 1.165) is 23.4 Å². The van der Waals surface area contributed by atoms with Crippen molar-refractivity contribution in [3.63, 3.8) is 0 Å². The van der Waals surface area contributed by atoms with E-state index in [1.807, 2.05) is 42.5 Å². The van der Waals surface area contributed by atoms with E-state index in [-0.39, 0.29) is 47.2 Å². The average molecular weight is 936 g/mol. The van der Waals surface area contributed by atoms with Gasteiger partial charge in [0, 0.05) is 31.9 Å². The Labute approximate surface area is 359 Å². The maximum atomic E-state index is 5.01. The molecule has 0 unspecified atom stereocenters. The van der Waals surface area contributed by atoms with Crippen molar-refractivity contribution >= 4 is 0 Å². The van der Waals surface area contributed by atoms with Crippen molar-refractivity contribution in [3.8, 4) is 39.2 Å². The summed E-state index contributed by atoms with van der Waals surface area (Å²) in [6.07, 6.45) is 4.76. The third-order valence-corrected chi connectivity index (χ3v) is 10.2. The monoisotopic (exact) mass is 936 g/mol. The number of pyridine rings is 1. The second-order valence-electron chi connectivity index (χ2n) is 20.7. The second-order valence-corrected chi connectivity index (χ2v) is 20.7. The van der Waals surface area contributed by atoms with Crippen molar-refractivity contribution in [2.45, 2.75) is 132 Å². The Morgan fingerprint density at radius 2 is 1.07 bits per heavy atom. The quantitative estimate of drug-likeness (QED) is 0.161. The van der Waals surface area contributed by atoms with Crippen LogP contribution in [0.3, 0.4) is 0 Å². The molecule has 2 aromatic heterocycles. The summed E-state index contributed by atoms with van der Waals surface area (Å²) >= 11 is 0. The Balaban J connectivity index is 0.000000469. The zero-order valence-corrected chi connectivity index (χ0v) is 39.7. The first-order valence-corrected chi connectivity index (χ1v) is 20.2. The molecule has 2 heterocycles. The van der Waals surface area contributed by atoms with Gasteiger partial charge in [-0.25, -0.2) is 0 Å². The van der Waals surface area contributed by atoms with E-state index < -0.39 is 0 Å². The van der Waals surface area contributed by atoms with Crippen LogP contribution >= 0.6 is 0 Å². The van der Waals surface area contributed by atoms with E-state index in [1.165, 1.54) is 50.2 Å². The number of hydrogen-bond acceptors (Lipinski definition) is 2. The topological polar surface area (TPSA) is 30.7 Å². The molecule has 0 aliphatic rings. The molecule has 6 rings (SSSR count). The standard InChI is InChI=1S/C42H57N2.C11H8N.Ir/c1-38(2,3)26-37-36(30-22-33(41(10,11)12)25-34(23-30)42(13,14)15)27-43-44(37)35-18-16-28(17-19-35)29-20-31(39(4,5)6)24-32(21-29)40(7,8)9;1-2-6-10(7-3-1)11-8-4-5-9-12-11;/h16-18,20-25,27H,26H2,1-15H3;1-6,8-9H;/q2*-1;. The number of nitrogens with zero attached hydrogens (tertiary/aromatic N) is 3. The minimum absolute atomic E-state index is 0. The van der Waals surface area contributed by atoms with Gasteiger partial charge in [0.1, 0.15) is 0 Å². The Bertz CT molecular complexity index is 2110. The van der Waals surface area contributed by atoms with Gasteiger partial charge in [0.15, 0.2) is 0 Å². The molecule has 0 amide bonds. The van der Waals surface area contributed by atoms with E-state index in [1.54, 1.807) is 6.20 Å². The first kappa shape index (κ1) is 45.6. The van der Waals surface area contributed by atoms with Gasteiger partial charge in [0.05, 0.1) is 11.9 Å². The van der Waals surface area contributed by atoms with Crippen molar-refractivity contribution in [2.24, 2.45) is 5.41 Å². The van der Waals surface area contributed by atoms with Crippen LogP contribution in [0.5, 0.6) is 0 Å². The summed E-state index contributed by atoms with van der Waals surface area (Å²) in [7, 11) is 0. The minimum atomic E-state index is 0. The molecule has 0 bridgehead atoms. The molecular weight excluding hydrogens is 871 g/mol. The fraction of sp³-hybridized carbons (Fsp3) is 0.396. The van der Waals surface area contributed by atoms with E-state index in [0.29, 0.717) is 0 Å². The third kappa shape index (κ3) is 12.0. The summed E-state index contributed by atoms with van der Waals surface area (Å²) in [5.74, 6) is 0. The Morgan fingerprint density at radius 1 is 0.544 bits per heavy atom. The number of rotatable bonds is 5. The third-order valence-electron chi connectivity index (χ3n) is 10.2. The average Bonchev–Trinajstić information content (AvgIpc) is 3.53. The molecule has 0 saturated carbocycles. The molecule has 57 heavy (non-hydrogen) atoms. The Kier molecular flexibility index (Phi) is 13.9. The second kappa shape index (κ2) is 17.4. The number of hydrogen-bond donors (Lipinski definition) is 0. The van der Waals surface area contributed by atoms with Crippen LogP contribution in [-0.4, -0.2) is 14.8 Å². The van der Waals surface area contributed by atoms with E-state index in [9.17, 15) is 0 Å². The van der Waals surface area contributed by atoms with Crippen molar-refractivity contribution in [1.29, 1.82) is 0 Å². The zero-order valence-electron chi connectivity index (χ0n) is 37.3. The summed E-state index contributed by atoms with van der Waals surface area (Å²) in [6, 6.07) is 41.2. The molecule has 0 saturated heterocycles. The van der Waals surface area contributed by atoms with Gasteiger partial charge in [-0.3, -0.25) is 4.68 Å². The molecule has 0 aliphatic heterocycles. The molecule has 4 heteroatoms. The molecule has 0 aliphatic carbocycles. The predicted molar refractivity (Wildman–Crippen MR) is 240 cm³/mol. The van der Waals surface area contributed by atoms with Crippen LogP contribution in [0.4, 0.5) is 0 Å². The first-order valence-electron chi connectivity index (χ1n) is 20.2. The van der Waals surface area contributed by atoms with Gasteiger partial charge in [-0.1, -0.05) is 158 Å². The largest absolute Gasteiger partial charge is 0.305 e. The summed E-state index contributed by atoms with van der Waals surface area (Å²) in [4.78, 5) is 4.22. The molecule has 3 nitrogen and oxygen atoms in total. The van der Waals surface area contributed by atoms with E-state index in [2.05, 4.69) is 186 Å². The van der Waals surface area contributed by atoms with E-state index >= 15 is 0 Å². The van der Waals surface area contributed by atoms with Crippen LogP contribution in [0.15, 0.2) is 109 Å². The van der Waals surface area contributed by atoms with Crippen LogP contribution in [0.25, 0.3) is 39.2 Å². The van der Waals surface area contributed by atoms with Gasteiger partial charge in [-0.05, 0) is 78.8 Å². The normalized spacial score (nSPS) is 12.4. The summed E-state index contributed by atoms with van der Waals surface area (Å²) in [6.45, 7) is 34.5. The molecule has 303 valence electrons. The fourth-order valence-electron chi connectivity index (χ4n) is 6.61. The Morgan fingerprint density at radius 3 is 1.49 bits per heavy atom. The van der Waals surface area contributed by atoms with Crippen LogP contribution in [0, 0.1) is 17.5 Å². The SMILES string of the molecule is CC(C)(C)Cc1c(-c2cc(C(C)(C)C)cc(C(C)(C)C)c2)cnn1-c1[c-]cc(-c2cc(C(C)(C)C)cc(C(C)(C)C)c2)cc1.[Ir].[c-]1ccccc1-c1ccccn1. The number of aromatic nitrogens is 3. The number of benzene rings is 4. The van der Waals surface area contributed by atoms with Crippen LogP contribution in [0.2, 0.25) is 0 Å². The summed E-state index contributed by atoms with van der Waals surface area (Å²) in [5, 5.41) is 5.01. The van der Waals surface area contributed by atoms with Crippen LogP contribution in [-0.2, 0) is 48.2 Å². The molecule has 6 aromatic rings. The van der Waals surface area contributed by atoms with Gasteiger partial charge >= 0.3 is 0 Å².